The molecule has 5 nitrogen and oxygen atoms in total. The minimum Gasteiger partial charge on any atom is -0.494 e. The Morgan fingerprint density at radius 3 is 2.70 bits per heavy atom. The van der Waals surface area contributed by atoms with Gasteiger partial charge in [0, 0.05) is 6.04 Å². The van der Waals surface area contributed by atoms with Crippen LogP contribution >= 0.6 is 0 Å². The zero-order valence-corrected chi connectivity index (χ0v) is 12.3. The molecular weight excluding hydrogens is 256 g/mol. The fourth-order valence-corrected chi connectivity index (χ4v) is 2.58. The van der Waals surface area contributed by atoms with Crippen molar-refractivity contribution < 1.29 is 9.66 Å². The number of nitrogens with zero attached hydrogens (tertiary/aromatic N) is 1. The summed E-state index contributed by atoms with van der Waals surface area (Å²) in [5, 5.41) is 14.4. The first-order valence-corrected chi connectivity index (χ1v) is 7.19. The molecule has 0 amide bonds. The van der Waals surface area contributed by atoms with E-state index < -0.39 is 0 Å². The van der Waals surface area contributed by atoms with E-state index >= 15 is 0 Å². The molecule has 1 saturated carbocycles. The topological polar surface area (TPSA) is 64.4 Å². The maximum Gasteiger partial charge on any atom is 0.296 e. The van der Waals surface area contributed by atoms with E-state index in [-0.39, 0.29) is 10.6 Å². The molecule has 0 bridgehead atoms. The van der Waals surface area contributed by atoms with Gasteiger partial charge in [0.25, 0.3) is 5.69 Å². The SMILES string of the molecule is CCOc1ccc(NC2CC(C(C)C)C2)c([N+](=O)[O-])c1. The van der Waals surface area contributed by atoms with Gasteiger partial charge in [-0.05, 0) is 43.7 Å². The molecule has 1 N–H and O–H groups in total. The first-order valence-electron chi connectivity index (χ1n) is 7.19. The summed E-state index contributed by atoms with van der Waals surface area (Å²) in [4.78, 5) is 10.8. The van der Waals surface area contributed by atoms with Crippen LogP contribution < -0.4 is 10.1 Å². The van der Waals surface area contributed by atoms with Crippen LogP contribution in [0.25, 0.3) is 0 Å². The quantitative estimate of drug-likeness (QED) is 0.634. The van der Waals surface area contributed by atoms with Crippen LogP contribution in [0.4, 0.5) is 11.4 Å². The van der Waals surface area contributed by atoms with E-state index in [1.54, 1.807) is 12.1 Å². The van der Waals surface area contributed by atoms with Crippen LogP contribution in [0, 0.1) is 22.0 Å². The molecule has 5 heteroatoms. The van der Waals surface area contributed by atoms with Crippen LogP contribution in [0.3, 0.4) is 0 Å². The number of hydrogen-bond acceptors (Lipinski definition) is 4. The van der Waals surface area contributed by atoms with Crippen molar-refractivity contribution in [3.63, 3.8) is 0 Å². The summed E-state index contributed by atoms with van der Waals surface area (Å²) in [5.41, 5.74) is 0.676. The van der Waals surface area contributed by atoms with Gasteiger partial charge < -0.3 is 10.1 Å². The van der Waals surface area contributed by atoms with Crippen molar-refractivity contribution in [1.82, 2.24) is 0 Å². The average molecular weight is 278 g/mol. The number of rotatable bonds is 6. The van der Waals surface area contributed by atoms with Crippen LogP contribution in [0.2, 0.25) is 0 Å². The Morgan fingerprint density at radius 1 is 1.45 bits per heavy atom. The molecule has 0 saturated heterocycles. The zero-order valence-electron chi connectivity index (χ0n) is 12.3. The summed E-state index contributed by atoms with van der Waals surface area (Å²) < 4.78 is 5.31. The van der Waals surface area contributed by atoms with Gasteiger partial charge in [0.05, 0.1) is 17.6 Å². The molecular formula is C15H22N2O3. The van der Waals surface area contributed by atoms with E-state index in [0.29, 0.717) is 30.0 Å². The molecule has 2 rings (SSSR count). The predicted molar refractivity (Wildman–Crippen MR) is 79.2 cm³/mol. The number of nitro benzene ring substituents is 1. The lowest BCUT2D eigenvalue weighted by molar-refractivity contribution is -0.384. The Hall–Kier alpha value is -1.78. The van der Waals surface area contributed by atoms with Crippen molar-refractivity contribution in [3.8, 4) is 5.75 Å². The summed E-state index contributed by atoms with van der Waals surface area (Å²) in [6.07, 6.45) is 2.17. The minimum atomic E-state index is -0.358. The molecule has 20 heavy (non-hydrogen) atoms. The van der Waals surface area contributed by atoms with Gasteiger partial charge in [-0.1, -0.05) is 13.8 Å². The lowest BCUT2D eigenvalue weighted by Crippen LogP contribution is -2.38. The molecule has 0 heterocycles. The zero-order chi connectivity index (χ0) is 14.7. The third kappa shape index (κ3) is 3.21. The van der Waals surface area contributed by atoms with Gasteiger partial charge >= 0.3 is 0 Å². The summed E-state index contributed by atoms with van der Waals surface area (Å²) in [7, 11) is 0. The van der Waals surface area contributed by atoms with E-state index in [4.69, 9.17) is 4.74 Å². The lowest BCUT2D eigenvalue weighted by Gasteiger charge is -2.38. The Labute approximate surface area is 119 Å². The first kappa shape index (κ1) is 14.6. The number of benzene rings is 1. The second-order valence-corrected chi connectivity index (χ2v) is 5.69. The van der Waals surface area contributed by atoms with Crippen molar-refractivity contribution in [2.45, 2.75) is 39.7 Å². The van der Waals surface area contributed by atoms with Crippen molar-refractivity contribution >= 4 is 11.4 Å². The van der Waals surface area contributed by atoms with Gasteiger partial charge in [0.1, 0.15) is 11.4 Å². The van der Waals surface area contributed by atoms with E-state index in [2.05, 4.69) is 19.2 Å². The fourth-order valence-electron chi connectivity index (χ4n) is 2.58. The highest BCUT2D eigenvalue weighted by molar-refractivity contribution is 5.64. The van der Waals surface area contributed by atoms with Gasteiger partial charge in [-0.2, -0.15) is 0 Å². The number of hydrogen-bond donors (Lipinski definition) is 1. The Kier molecular flexibility index (Phi) is 4.47. The molecule has 1 aromatic carbocycles. The first-order chi connectivity index (χ1) is 9.51. The predicted octanol–water partition coefficient (Wildman–Crippen LogP) is 3.84. The van der Waals surface area contributed by atoms with E-state index in [1.165, 1.54) is 6.07 Å². The third-order valence-electron chi connectivity index (χ3n) is 3.95. The molecule has 0 spiro atoms. The van der Waals surface area contributed by atoms with Gasteiger partial charge in [0.15, 0.2) is 0 Å². The monoisotopic (exact) mass is 278 g/mol. The van der Waals surface area contributed by atoms with Crippen molar-refractivity contribution in [3.05, 3.63) is 28.3 Å². The van der Waals surface area contributed by atoms with Crippen molar-refractivity contribution in [1.29, 1.82) is 0 Å². The molecule has 0 aliphatic heterocycles. The smallest absolute Gasteiger partial charge is 0.296 e. The minimum absolute atomic E-state index is 0.0870. The number of nitro groups is 1. The normalized spacial score (nSPS) is 21.4. The molecule has 1 aliphatic carbocycles. The Morgan fingerprint density at radius 2 is 2.15 bits per heavy atom. The molecule has 0 aromatic heterocycles. The molecule has 1 fully saturated rings. The largest absolute Gasteiger partial charge is 0.494 e. The summed E-state index contributed by atoms with van der Waals surface area (Å²) in [6, 6.07) is 5.35. The number of ether oxygens (including phenoxy) is 1. The van der Waals surface area contributed by atoms with Crippen LogP contribution in [-0.2, 0) is 0 Å². The van der Waals surface area contributed by atoms with Gasteiger partial charge in [-0.15, -0.1) is 0 Å². The van der Waals surface area contributed by atoms with Crippen LogP contribution in [0.1, 0.15) is 33.6 Å². The van der Waals surface area contributed by atoms with Crippen LogP contribution in [0.5, 0.6) is 5.75 Å². The van der Waals surface area contributed by atoms with Crippen molar-refractivity contribution in [2.24, 2.45) is 11.8 Å². The van der Waals surface area contributed by atoms with E-state index in [1.807, 2.05) is 6.92 Å². The van der Waals surface area contributed by atoms with E-state index in [9.17, 15) is 10.1 Å². The van der Waals surface area contributed by atoms with Crippen LogP contribution in [0.15, 0.2) is 18.2 Å². The fraction of sp³-hybridized carbons (Fsp3) is 0.600. The van der Waals surface area contributed by atoms with Gasteiger partial charge in [-0.25, -0.2) is 0 Å². The maximum atomic E-state index is 11.1. The number of nitrogens with one attached hydrogen (secondary N) is 1. The van der Waals surface area contributed by atoms with Gasteiger partial charge in [0.2, 0.25) is 0 Å². The highest BCUT2D eigenvalue weighted by Gasteiger charge is 2.32. The number of anilines is 1. The highest BCUT2D eigenvalue weighted by atomic mass is 16.6. The summed E-state index contributed by atoms with van der Waals surface area (Å²) in [5.74, 6) is 1.95. The second kappa shape index (κ2) is 6.11. The Bertz CT molecular complexity index is 482. The standard InChI is InChI=1S/C15H22N2O3/c1-4-20-13-5-6-14(15(9-13)17(18)19)16-12-7-11(8-12)10(2)3/h5-6,9-12,16H,4,7-8H2,1-3H3. The maximum absolute atomic E-state index is 11.1. The molecule has 0 atom stereocenters. The molecule has 0 radical (unpaired) electrons. The van der Waals surface area contributed by atoms with E-state index in [0.717, 1.165) is 18.8 Å². The molecule has 1 aliphatic rings. The Balaban J connectivity index is 2.06. The third-order valence-corrected chi connectivity index (χ3v) is 3.95. The lowest BCUT2D eigenvalue weighted by atomic mass is 9.73. The summed E-state index contributed by atoms with van der Waals surface area (Å²) in [6.45, 7) is 6.81. The van der Waals surface area contributed by atoms with Crippen molar-refractivity contribution in [2.75, 3.05) is 11.9 Å². The highest BCUT2D eigenvalue weighted by Crippen LogP contribution is 2.38. The second-order valence-electron chi connectivity index (χ2n) is 5.69. The summed E-state index contributed by atoms with van der Waals surface area (Å²) >= 11 is 0. The van der Waals surface area contributed by atoms with Gasteiger partial charge in [-0.3, -0.25) is 10.1 Å². The molecule has 0 unspecified atom stereocenters. The molecule has 110 valence electrons. The molecule has 1 aromatic rings. The van der Waals surface area contributed by atoms with Crippen LogP contribution in [-0.4, -0.2) is 17.6 Å². The average Bonchev–Trinajstić information content (AvgIpc) is 2.34.